The fourth-order valence-electron chi connectivity index (χ4n) is 1.75. The Kier molecular flexibility index (Phi) is 2.17. The molecule has 80 valence electrons. The highest BCUT2D eigenvalue weighted by Crippen LogP contribution is 2.40. The molecule has 5 nitrogen and oxygen atoms in total. The number of carboxylic acids is 1. The zero-order chi connectivity index (χ0) is 11.2. The Hall–Kier alpha value is -1.19. The molecule has 2 unspecified atom stereocenters. The Bertz CT molecular complexity index is 378. The number of hydrogen-bond acceptors (Lipinski definition) is 4. The molecule has 2 fully saturated rings. The first-order valence-corrected chi connectivity index (χ1v) is 5.45. The number of fused-ring (bicyclic) bond motifs is 1. The highest BCUT2D eigenvalue weighted by Gasteiger charge is 2.55. The van der Waals surface area contributed by atoms with Crippen molar-refractivity contribution in [1.82, 2.24) is 4.90 Å². The van der Waals surface area contributed by atoms with E-state index in [1.165, 1.54) is 16.7 Å². The molecule has 0 spiro atoms. The lowest BCUT2D eigenvalue weighted by Gasteiger charge is -2.51. The molecule has 0 bridgehead atoms. The molecule has 2 saturated heterocycles. The van der Waals surface area contributed by atoms with Crippen LogP contribution in [0.15, 0.2) is 0 Å². The molecule has 0 aromatic carbocycles. The van der Waals surface area contributed by atoms with Crippen LogP contribution in [0.25, 0.3) is 0 Å². The van der Waals surface area contributed by atoms with Crippen molar-refractivity contribution in [1.29, 1.82) is 0 Å². The number of nitrogens with zero attached hydrogens (tertiary/aromatic N) is 1. The molecule has 2 aliphatic rings. The third kappa shape index (κ3) is 1.24. The smallest absolute Gasteiger partial charge is 0.324 e. The maximum absolute atomic E-state index is 11.3. The van der Waals surface area contributed by atoms with Gasteiger partial charge in [0.2, 0.25) is 5.91 Å². The summed E-state index contributed by atoms with van der Waals surface area (Å²) in [5.74, 6) is 1.32. The molecule has 6 heteroatoms. The summed E-state index contributed by atoms with van der Waals surface area (Å²) in [6.07, 6.45) is 5.24. The lowest BCUT2D eigenvalue weighted by atomic mass is 9.88. The first-order chi connectivity index (χ1) is 7.02. The number of β-lactam (4-membered cyclic amide) rings is 1. The van der Waals surface area contributed by atoms with E-state index in [1.54, 1.807) is 0 Å². The minimum absolute atomic E-state index is 0.0725. The number of carbonyl (C=O) groups is 2. The standard InChI is InChI=1S/C9H10N2O3S/c1-2-9(8(13)14)3-11-6(12)5(10)7(11)15-4-9/h1,5,7H,3-4,10H2,(H,13,14)/t5?,7-,9?/m1/s1. The van der Waals surface area contributed by atoms with Crippen LogP contribution in [0.2, 0.25) is 0 Å². The summed E-state index contributed by atoms with van der Waals surface area (Å²) in [6, 6.07) is -0.500. The van der Waals surface area contributed by atoms with E-state index < -0.39 is 17.4 Å². The van der Waals surface area contributed by atoms with Crippen LogP contribution in [0, 0.1) is 17.8 Å². The average Bonchev–Trinajstić information content (AvgIpc) is 2.26. The van der Waals surface area contributed by atoms with E-state index >= 15 is 0 Å². The van der Waals surface area contributed by atoms with Crippen LogP contribution < -0.4 is 5.73 Å². The third-order valence-corrected chi connectivity index (χ3v) is 4.36. The number of rotatable bonds is 1. The first kappa shape index (κ1) is 10.3. The number of terminal acetylenes is 1. The predicted octanol–water partition coefficient (Wildman–Crippen LogP) is -1.07. The molecule has 0 aromatic heterocycles. The van der Waals surface area contributed by atoms with E-state index in [-0.39, 0.29) is 17.8 Å². The van der Waals surface area contributed by atoms with Crippen molar-refractivity contribution >= 4 is 23.6 Å². The monoisotopic (exact) mass is 226 g/mol. The zero-order valence-corrected chi connectivity index (χ0v) is 8.66. The van der Waals surface area contributed by atoms with Gasteiger partial charge in [0, 0.05) is 12.3 Å². The number of carboxylic acid groups (broad SMARTS) is 1. The molecule has 3 atom stereocenters. The van der Waals surface area contributed by atoms with Gasteiger partial charge in [-0.1, -0.05) is 5.92 Å². The molecule has 2 aliphatic heterocycles. The van der Waals surface area contributed by atoms with Crippen molar-refractivity contribution < 1.29 is 14.7 Å². The number of nitrogens with two attached hydrogens (primary N) is 1. The summed E-state index contributed by atoms with van der Waals surface area (Å²) >= 11 is 1.34. The molecular formula is C9H10N2O3S. The molecule has 15 heavy (non-hydrogen) atoms. The van der Waals surface area contributed by atoms with Crippen molar-refractivity contribution in [2.45, 2.75) is 11.4 Å². The van der Waals surface area contributed by atoms with Gasteiger partial charge in [-0.15, -0.1) is 18.2 Å². The van der Waals surface area contributed by atoms with Crippen LogP contribution in [0.3, 0.4) is 0 Å². The molecule has 0 radical (unpaired) electrons. The topological polar surface area (TPSA) is 83.6 Å². The van der Waals surface area contributed by atoms with Gasteiger partial charge in [0.15, 0.2) is 5.41 Å². The average molecular weight is 226 g/mol. The summed E-state index contributed by atoms with van der Waals surface area (Å²) in [4.78, 5) is 23.8. The van der Waals surface area contributed by atoms with Gasteiger partial charge in [-0.05, 0) is 0 Å². The summed E-state index contributed by atoms with van der Waals surface area (Å²) < 4.78 is 0. The van der Waals surface area contributed by atoms with Crippen LogP contribution in [-0.2, 0) is 9.59 Å². The Morgan fingerprint density at radius 1 is 1.80 bits per heavy atom. The van der Waals surface area contributed by atoms with Crippen molar-refractivity contribution in [3.63, 3.8) is 0 Å². The second-order valence-electron chi connectivity index (χ2n) is 3.73. The van der Waals surface area contributed by atoms with Gasteiger partial charge in [0.25, 0.3) is 0 Å². The predicted molar refractivity (Wildman–Crippen MR) is 54.8 cm³/mol. The number of thioether (sulfide) groups is 1. The quantitative estimate of drug-likeness (QED) is 0.439. The van der Waals surface area contributed by atoms with Crippen LogP contribution in [0.1, 0.15) is 0 Å². The van der Waals surface area contributed by atoms with E-state index in [4.69, 9.17) is 17.3 Å². The minimum Gasteiger partial charge on any atom is -0.480 e. The van der Waals surface area contributed by atoms with Crippen molar-refractivity contribution in [3.05, 3.63) is 0 Å². The zero-order valence-electron chi connectivity index (χ0n) is 7.84. The Labute approximate surface area is 91.0 Å². The van der Waals surface area contributed by atoms with Crippen LogP contribution in [0.5, 0.6) is 0 Å². The van der Waals surface area contributed by atoms with Crippen molar-refractivity contribution in [3.8, 4) is 12.3 Å². The first-order valence-electron chi connectivity index (χ1n) is 4.41. The molecule has 2 heterocycles. The van der Waals surface area contributed by atoms with Crippen molar-refractivity contribution in [2.75, 3.05) is 12.3 Å². The van der Waals surface area contributed by atoms with Gasteiger partial charge in [0.05, 0.1) is 0 Å². The van der Waals surface area contributed by atoms with Crippen molar-refractivity contribution in [2.24, 2.45) is 11.1 Å². The highest BCUT2D eigenvalue weighted by molar-refractivity contribution is 8.00. The summed E-state index contributed by atoms with van der Waals surface area (Å²) in [6.45, 7) is 0.0725. The molecule has 3 N–H and O–H groups in total. The number of hydrogen-bond donors (Lipinski definition) is 2. The minimum atomic E-state index is -1.25. The van der Waals surface area contributed by atoms with Gasteiger partial charge >= 0.3 is 5.97 Å². The Morgan fingerprint density at radius 2 is 2.47 bits per heavy atom. The van der Waals surface area contributed by atoms with Gasteiger partial charge in [-0.25, -0.2) is 0 Å². The maximum Gasteiger partial charge on any atom is 0.324 e. The van der Waals surface area contributed by atoms with Crippen LogP contribution in [0.4, 0.5) is 0 Å². The van der Waals surface area contributed by atoms with E-state index in [0.29, 0.717) is 5.75 Å². The second kappa shape index (κ2) is 3.15. The van der Waals surface area contributed by atoms with E-state index in [1.807, 2.05) is 0 Å². The molecular weight excluding hydrogens is 216 g/mol. The highest BCUT2D eigenvalue weighted by atomic mass is 32.2. The van der Waals surface area contributed by atoms with Gasteiger partial charge in [-0.2, -0.15) is 0 Å². The Morgan fingerprint density at radius 3 is 3.00 bits per heavy atom. The van der Waals surface area contributed by atoms with Crippen LogP contribution >= 0.6 is 11.8 Å². The molecule has 2 rings (SSSR count). The SMILES string of the molecule is C#CC1(C(=O)O)CS[C@@H]2C(N)C(=O)N2C1. The fourth-order valence-corrected chi connectivity index (χ4v) is 3.19. The largest absolute Gasteiger partial charge is 0.480 e. The molecule has 0 saturated carbocycles. The van der Waals surface area contributed by atoms with Gasteiger partial charge in [0.1, 0.15) is 11.4 Å². The molecule has 0 aliphatic carbocycles. The van der Waals surface area contributed by atoms with E-state index in [2.05, 4.69) is 5.92 Å². The van der Waals surface area contributed by atoms with Gasteiger partial charge < -0.3 is 15.7 Å². The molecule has 0 aromatic rings. The normalized spacial score (nSPS) is 38.9. The maximum atomic E-state index is 11.3. The lowest BCUT2D eigenvalue weighted by molar-refractivity contribution is -0.153. The van der Waals surface area contributed by atoms with Gasteiger partial charge in [-0.3, -0.25) is 9.59 Å². The Balaban J connectivity index is 2.20. The van der Waals surface area contributed by atoms with Crippen LogP contribution in [-0.4, -0.2) is 45.6 Å². The number of carbonyl (C=O) groups excluding carboxylic acids is 1. The fraction of sp³-hybridized carbons (Fsp3) is 0.556. The lowest BCUT2D eigenvalue weighted by Crippen LogP contribution is -2.71. The third-order valence-electron chi connectivity index (χ3n) is 2.81. The number of amides is 1. The van der Waals surface area contributed by atoms with E-state index in [9.17, 15) is 9.59 Å². The summed E-state index contributed by atoms with van der Waals surface area (Å²) in [5, 5.41) is 8.95. The summed E-state index contributed by atoms with van der Waals surface area (Å²) in [7, 11) is 0. The number of aliphatic carboxylic acids is 1. The molecule has 1 amide bonds. The summed E-state index contributed by atoms with van der Waals surface area (Å²) in [5.41, 5.74) is 4.32. The van der Waals surface area contributed by atoms with E-state index in [0.717, 1.165) is 0 Å². The second-order valence-corrected chi connectivity index (χ2v) is 4.83.